The number of nitrogens with one attached hydrogen (secondary N) is 1. The van der Waals surface area contributed by atoms with Crippen molar-refractivity contribution in [2.45, 2.75) is 0 Å². The van der Waals surface area contributed by atoms with Gasteiger partial charge in [-0.2, -0.15) is 29.9 Å². The third-order valence-corrected chi connectivity index (χ3v) is 2.78. The van der Waals surface area contributed by atoms with Gasteiger partial charge in [0.15, 0.2) is 0 Å². The number of nitrogen functional groups attached to an aromatic ring is 3. The third-order valence-electron chi connectivity index (χ3n) is 2.78. The van der Waals surface area contributed by atoms with Crippen molar-refractivity contribution in [3.8, 4) is 0 Å². The first-order valence-electron chi connectivity index (χ1n) is 7.45. The zero-order valence-corrected chi connectivity index (χ0v) is 14.6. The molecule has 0 spiro atoms. The van der Waals surface area contributed by atoms with Crippen molar-refractivity contribution in [3.63, 3.8) is 0 Å². The Morgan fingerprint density at radius 3 is 1.25 bits per heavy atom. The molecule has 0 aromatic carbocycles. The van der Waals surface area contributed by atoms with Crippen molar-refractivity contribution in [2.75, 3.05) is 66.0 Å². The number of rotatable bonds is 8. The van der Waals surface area contributed by atoms with Gasteiger partial charge in [0.05, 0.1) is 0 Å². The van der Waals surface area contributed by atoms with Crippen LogP contribution in [0.15, 0.2) is 0 Å². The van der Waals surface area contributed by atoms with Crippen LogP contribution in [0.5, 0.6) is 0 Å². The molecule has 12 N–H and O–H groups in total. The van der Waals surface area contributed by atoms with E-state index < -0.39 is 33.7 Å². The number of aliphatic hydroxyl groups is 5. The second-order valence-electron chi connectivity index (χ2n) is 4.65. The van der Waals surface area contributed by atoms with E-state index in [1.165, 1.54) is 0 Å². The molecule has 0 radical (unpaired) electrons. The molecular formula is C11H22N12O5. The highest BCUT2D eigenvalue weighted by Crippen LogP contribution is 2.15. The molecule has 2 aromatic rings. The maximum absolute atomic E-state index is 9.03. The molecule has 2 aromatic heterocycles. The number of nitrogens with zero attached hydrogens (tertiary/aromatic N) is 8. The smallest absolute Gasteiger partial charge is 0.235 e. The summed E-state index contributed by atoms with van der Waals surface area (Å²) in [6.07, 6.45) is 0. The summed E-state index contributed by atoms with van der Waals surface area (Å²) in [5.41, 5.74) is 15.4. The van der Waals surface area contributed by atoms with Crippen molar-refractivity contribution < 1.29 is 25.5 Å². The van der Waals surface area contributed by atoms with Crippen LogP contribution in [0.3, 0.4) is 0 Å². The minimum Gasteiger partial charge on any atom is -0.376 e. The average Bonchev–Trinajstić information content (AvgIpc) is 2.63. The molecule has 2 heterocycles. The van der Waals surface area contributed by atoms with Gasteiger partial charge in [-0.1, -0.05) is 0 Å². The van der Waals surface area contributed by atoms with E-state index in [9.17, 15) is 0 Å². The first-order valence-corrected chi connectivity index (χ1v) is 7.45. The molecular weight excluding hydrogens is 380 g/mol. The maximum Gasteiger partial charge on any atom is 0.235 e. The van der Waals surface area contributed by atoms with Crippen LogP contribution in [0.1, 0.15) is 0 Å². The van der Waals surface area contributed by atoms with Crippen LogP contribution in [0.4, 0.5) is 35.7 Å². The minimum atomic E-state index is -0.545. The molecule has 0 aliphatic rings. The fourth-order valence-electron chi connectivity index (χ4n) is 1.56. The molecule has 2 rings (SSSR count). The van der Waals surface area contributed by atoms with Crippen LogP contribution < -0.4 is 32.3 Å². The molecule has 0 saturated carbocycles. The average molecular weight is 402 g/mol. The van der Waals surface area contributed by atoms with Gasteiger partial charge in [-0.3, -0.25) is 9.80 Å². The molecule has 0 bridgehead atoms. The topological polar surface area (TPSA) is 275 Å². The number of hydrogen-bond acceptors (Lipinski definition) is 17. The molecule has 0 atom stereocenters. The largest absolute Gasteiger partial charge is 0.376 e. The summed E-state index contributed by atoms with van der Waals surface area (Å²) in [4.78, 5) is 24.0. The van der Waals surface area contributed by atoms with Crippen LogP contribution >= 0.6 is 0 Å². The number of hydrogen-bond donors (Lipinski definition) is 9. The van der Waals surface area contributed by atoms with E-state index in [4.69, 9.17) is 42.7 Å². The molecule has 156 valence electrons. The van der Waals surface area contributed by atoms with Crippen LogP contribution in [-0.4, -0.2) is 89.1 Å². The zero-order valence-electron chi connectivity index (χ0n) is 14.6. The molecule has 0 fully saturated rings. The lowest BCUT2D eigenvalue weighted by Gasteiger charge is -2.21. The second kappa shape index (κ2) is 11.4. The lowest BCUT2D eigenvalue weighted by Crippen LogP contribution is -2.31. The summed E-state index contributed by atoms with van der Waals surface area (Å²) in [6, 6.07) is 0. The SMILES string of the molecule is Nc1nc(N)nc(N)n1.OCNc1nc(N(CO)CO)nc(N(CO)CO)n1. The van der Waals surface area contributed by atoms with Gasteiger partial charge in [0.25, 0.3) is 0 Å². The third kappa shape index (κ3) is 6.74. The number of anilines is 6. The van der Waals surface area contributed by atoms with E-state index in [1.807, 2.05) is 0 Å². The van der Waals surface area contributed by atoms with Gasteiger partial charge in [-0.25, -0.2) is 0 Å². The molecule has 0 amide bonds. The van der Waals surface area contributed by atoms with Crippen LogP contribution in [0.2, 0.25) is 0 Å². The minimum absolute atomic E-state index is 0.0405. The Morgan fingerprint density at radius 1 is 0.607 bits per heavy atom. The van der Waals surface area contributed by atoms with E-state index in [1.54, 1.807) is 0 Å². The summed E-state index contributed by atoms with van der Waals surface area (Å²) < 4.78 is 0. The van der Waals surface area contributed by atoms with Crippen molar-refractivity contribution in [3.05, 3.63) is 0 Å². The number of nitrogens with two attached hydrogens (primary N) is 3. The molecule has 17 heteroatoms. The fraction of sp³-hybridized carbons (Fsp3) is 0.455. The van der Waals surface area contributed by atoms with Crippen molar-refractivity contribution in [1.82, 2.24) is 29.9 Å². The van der Waals surface area contributed by atoms with Gasteiger partial charge in [0, 0.05) is 0 Å². The van der Waals surface area contributed by atoms with E-state index in [2.05, 4.69) is 35.2 Å². The van der Waals surface area contributed by atoms with Crippen molar-refractivity contribution in [2.24, 2.45) is 0 Å². The van der Waals surface area contributed by atoms with Gasteiger partial charge in [-0.05, 0) is 0 Å². The van der Waals surface area contributed by atoms with Crippen molar-refractivity contribution in [1.29, 1.82) is 0 Å². The normalized spacial score (nSPS) is 10.0. The van der Waals surface area contributed by atoms with Crippen LogP contribution in [0, 0.1) is 0 Å². The quantitative estimate of drug-likeness (QED) is 0.187. The Kier molecular flexibility index (Phi) is 9.19. The first-order chi connectivity index (χ1) is 13.4. The van der Waals surface area contributed by atoms with Gasteiger partial charge < -0.3 is 48.1 Å². The van der Waals surface area contributed by atoms with Gasteiger partial charge >= 0.3 is 0 Å². The van der Waals surface area contributed by atoms with E-state index in [-0.39, 0.29) is 35.7 Å². The van der Waals surface area contributed by atoms with E-state index in [0.29, 0.717) is 0 Å². The second-order valence-corrected chi connectivity index (χ2v) is 4.65. The Morgan fingerprint density at radius 2 is 0.964 bits per heavy atom. The fourth-order valence-corrected chi connectivity index (χ4v) is 1.56. The Hall–Kier alpha value is -3.38. The summed E-state index contributed by atoms with van der Waals surface area (Å²) in [7, 11) is 0. The van der Waals surface area contributed by atoms with Gasteiger partial charge in [-0.15, -0.1) is 0 Å². The van der Waals surface area contributed by atoms with Crippen LogP contribution in [0.25, 0.3) is 0 Å². The Bertz CT molecular complexity index is 648. The first kappa shape index (κ1) is 22.7. The lowest BCUT2D eigenvalue weighted by atomic mass is 10.7. The summed E-state index contributed by atoms with van der Waals surface area (Å²) in [5.74, 6) is -0.0861. The zero-order chi connectivity index (χ0) is 21.1. The van der Waals surface area contributed by atoms with Gasteiger partial charge in [0.2, 0.25) is 35.7 Å². The standard InChI is InChI=1S/C8H16N6O5.C3H6N6/c15-1-9-6-10-7(13(2-16)3-17)12-8(11-6)14(4-18)5-19;4-1-7-2(5)9-3(6)8-1/h15-19H,1-5H2,(H,9,10,11,12);(H6,4,5,6,7,8,9). The predicted octanol–water partition coefficient (Wildman–Crippen LogP) is -4.74. The molecule has 0 unspecified atom stereocenters. The summed E-state index contributed by atoms with van der Waals surface area (Å²) in [6.45, 7) is -2.62. The lowest BCUT2D eigenvalue weighted by molar-refractivity contribution is 0.217. The monoisotopic (exact) mass is 402 g/mol. The molecule has 0 saturated heterocycles. The Labute approximate surface area is 158 Å². The molecule has 0 aliphatic heterocycles. The summed E-state index contributed by atoms with van der Waals surface area (Å²) in [5, 5.41) is 47.3. The highest BCUT2D eigenvalue weighted by atomic mass is 16.3. The number of aliphatic hydroxyl groups excluding tert-OH is 5. The highest BCUT2D eigenvalue weighted by molar-refractivity contribution is 5.44. The van der Waals surface area contributed by atoms with Gasteiger partial charge in [0.1, 0.15) is 33.7 Å². The Balaban J connectivity index is 0.000000362. The summed E-state index contributed by atoms with van der Waals surface area (Å²) >= 11 is 0. The number of aromatic nitrogens is 6. The van der Waals surface area contributed by atoms with Crippen molar-refractivity contribution >= 4 is 35.7 Å². The van der Waals surface area contributed by atoms with E-state index >= 15 is 0 Å². The molecule has 17 nitrogen and oxygen atoms in total. The highest BCUT2D eigenvalue weighted by Gasteiger charge is 2.15. The predicted molar refractivity (Wildman–Crippen MR) is 96.9 cm³/mol. The van der Waals surface area contributed by atoms with Crippen LogP contribution in [-0.2, 0) is 0 Å². The molecule has 28 heavy (non-hydrogen) atoms. The molecule has 0 aliphatic carbocycles. The maximum atomic E-state index is 9.03. The van der Waals surface area contributed by atoms with E-state index in [0.717, 1.165) is 9.80 Å².